The highest BCUT2D eigenvalue weighted by Crippen LogP contribution is 2.49. The van der Waals surface area contributed by atoms with E-state index in [-0.39, 0.29) is 0 Å². The van der Waals surface area contributed by atoms with E-state index in [1.807, 2.05) is 0 Å². The van der Waals surface area contributed by atoms with Gasteiger partial charge in [0.25, 0.3) is 0 Å². The Morgan fingerprint density at radius 2 is 2.18 bits per heavy atom. The van der Waals surface area contributed by atoms with Crippen molar-refractivity contribution in [2.75, 3.05) is 0 Å². The van der Waals surface area contributed by atoms with Crippen LogP contribution in [-0.4, -0.2) is 0 Å². The van der Waals surface area contributed by atoms with Crippen LogP contribution in [0.5, 0.6) is 0 Å². The first-order valence-electron chi connectivity index (χ1n) is 4.29. The number of hydrogen-bond acceptors (Lipinski definition) is 0. The molecule has 0 nitrogen and oxygen atoms in total. The minimum absolute atomic E-state index is 0.330. The Morgan fingerprint density at radius 3 is 2.36 bits per heavy atom. The minimum atomic E-state index is 0.330. The number of rotatable bonds is 1. The predicted octanol–water partition coefficient (Wildman–Crippen LogP) is 3.55. The molecule has 2 unspecified atom stereocenters. The summed E-state index contributed by atoms with van der Waals surface area (Å²) in [5, 5.41) is 0. The van der Waals surface area contributed by atoms with E-state index in [2.05, 4.69) is 33.9 Å². The molecular formula is C11H18. The molecule has 0 amide bonds. The molecular weight excluding hydrogens is 132 g/mol. The zero-order chi connectivity index (χ0) is 8.65. The first kappa shape index (κ1) is 8.58. The average Bonchev–Trinajstić information content (AvgIpc) is 2.08. The Bertz CT molecular complexity index is 200. The molecule has 1 aliphatic rings. The molecule has 0 spiro atoms. The Morgan fingerprint density at radius 1 is 1.64 bits per heavy atom. The lowest BCUT2D eigenvalue weighted by Crippen LogP contribution is -2.19. The molecule has 0 aromatic carbocycles. The molecule has 0 aromatic heterocycles. The van der Waals surface area contributed by atoms with Gasteiger partial charge in [-0.1, -0.05) is 38.2 Å². The molecule has 0 radical (unpaired) electrons. The van der Waals surface area contributed by atoms with Gasteiger partial charge in [-0.05, 0) is 31.1 Å². The highest BCUT2D eigenvalue weighted by Gasteiger charge is 2.37. The lowest BCUT2D eigenvalue weighted by atomic mass is 9.75. The fourth-order valence-electron chi connectivity index (χ4n) is 2.00. The Hall–Kier alpha value is -0.520. The van der Waals surface area contributed by atoms with Gasteiger partial charge in [0.2, 0.25) is 0 Å². The van der Waals surface area contributed by atoms with E-state index >= 15 is 0 Å². The van der Waals surface area contributed by atoms with Crippen molar-refractivity contribution in [2.45, 2.75) is 33.6 Å². The highest BCUT2D eigenvalue weighted by atomic mass is 14.4. The zero-order valence-corrected chi connectivity index (χ0v) is 7.91. The van der Waals surface area contributed by atoms with Gasteiger partial charge in [-0.3, -0.25) is 0 Å². The van der Waals surface area contributed by atoms with E-state index in [9.17, 15) is 0 Å². The summed E-state index contributed by atoms with van der Waals surface area (Å²) >= 11 is 0. The fraction of sp³-hybridized carbons (Fsp3) is 0.636. The van der Waals surface area contributed by atoms with Gasteiger partial charge in [0.05, 0.1) is 0 Å². The van der Waals surface area contributed by atoms with Crippen LogP contribution in [0.3, 0.4) is 0 Å². The third-order valence-electron chi connectivity index (χ3n) is 3.27. The summed E-state index contributed by atoms with van der Waals surface area (Å²) in [6, 6.07) is 0. The SMILES string of the molecule is C=C1CC(C)C(C)(C(=C)C)C1. The maximum Gasteiger partial charge on any atom is -0.00562 e. The molecule has 2 atom stereocenters. The van der Waals surface area contributed by atoms with E-state index in [4.69, 9.17) is 0 Å². The first-order valence-corrected chi connectivity index (χ1v) is 4.29. The first-order chi connectivity index (χ1) is 4.97. The third-order valence-corrected chi connectivity index (χ3v) is 3.27. The van der Waals surface area contributed by atoms with Crippen LogP contribution in [0.15, 0.2) is 24.3 Å². The Balaban J connectivity index is 2.87. The summed E-state index contributed by atoms with van der Waals surface area (Å²) in [7, 11) is 0. The Labute approximate surface area is 70.0 Å². The van der Waals surface area contributed by atoms with Gasteiger partial charge in [0.15, 0.2) is 0 Å². The van der Waals surface area contributed by atoms with Crippen LogP contribution < -0.4 is 0 Å². The minimum Gasteiger partial charge on any atom is -0.0998 e. The molecule has 0 N–H and O–H groups in total. The van der Waals surface area contributed by atoms with E-state index in [0.29, 0.717) is 5.41 Å². The molecule has 0 heteroatoms. The van der Waals surface area contributed by atoms with E-state index in [1.165, 1.54) is 17.6 Å². The van der Waals surface area contributed by atoms with Gasteiger partial charge in [-0.25, -0.2) is 0 Å². The molecule has 1 fully saturated rings. The van der Waals surface area contributed by atoms with E-state index in [1.54, 1.807) is 0 Å². The summed E-state index contributed by atoms with van der Waals surface area (Å²) in [6.45, 7) is 14.8. The molecule has 0 saturated heterocycles. The van der Waals surface area contributed by atoms with Crippen LogP contribution in [-0.2, 0) is 0 Å². The number of allylic oxidation sites excluding steroid dienone is 2. The van der Waals surface area contributed by atoms with E-state index in [0.717, 1.165) is 12.3 Å². The molecule has 0 bridgehead atoms. The quantitative estimate of drug-likeness (QED) is 0.501. The van der Waals surface area contributed by atoms with Crippen LogP contribution in [0.2, 0.25) is 0 Å². The number of hydrogen-bond donors (Lipinski definition) is 0. The highest BCUT2D eigenvalue weighted by molar-refractivity contribution is 5.20. The normalized spacial score (nSPS) is 37.7. The van der Waals surface area contributed by atoms with Crippen molar-refractivity contribution in [1.82, 2.24) is 0 Å². The second-order valence-corrected chi connectivity index (χ2v) is 4.23. The van der Waals surface area contributed by atoms with Gasteiger partial charge >= 0.3 is 0 Å². The van der Waals surface area contributed by atoms with Gasteiger partial charge in [0, 0.05) is 0 Å². The molecule has 62 valence electrons. The maximum absolute atomic E-state index is 4.05. The smallest absolute Gasteiger partial charge is 0.00562 e. The average molecular weight is 150 g/mol. The van der Waals surface area contributed by atoms with Crippen molar-refractivity contribution in [1.29, 1.82) is 0 Å². The van der Waals surface area contributed by atoms with E-state index < -0.39 is 0 Å². The molecule has 0 aromatic rings. The monoisotopic (exact) mass is 150 g/mol. The van der Waals surface area contributed by atoms with Crippen LogP contribution in [0.1, 0.15) is 33.6 Å². The molecule has 1 aliphatic carbocycles. The summed E-state index contributed by atoms with van der Waals surface area (Å²) in [4.78, 5) is 0. The second-order valence-electron chi connectivity index (χ2n) is 4.23. The lowest BCUT2D eigenvalue weighted by Gasteiger charge is -2.29. The van der Waals surface area contributed by atoms with Crippen molar-refractivity contribution in [3.05, 3.63) is 24.3 Å². The summed E-state index contributed by atoms with van der Waals surface area (Å²) in [5.41, 5.74) is 3.03. The van der Waals surface area contributed by atoms with Crippen molar-refractivity contribution >= 4 is 0 Å². The van der Waals surface area contributed by atoms with Crippen molar-refractivity contribution < 1.29 is 0 Å². The van der Waals surface area contributed by atoms with Crippen molar-refractivity contribution in [2.24, 2.45) is 11.3 Å². The largest absolute Gasteiger partial charge is 0.0998 e. The topological polar surface area (TPSA) is 0 Å². The standard InChI is InChI=1S/C11H18/c1-8(2)11(5)7-9(3)6-10(11)4/h10H,1,3,6-7H2,2,4-5H3. The Kier molecular flexibility index (Phi) is 1.96. The summed E-state index contributed by atoms with van der Waals surface area (Å²) in [5.74, 6) is 0.729. The second kappa shape index (κ2) is 2.51. The van der Waals surface area contributed by atoms with Gasteiger partial charge in [0.1, 0.15) is 0 Å². The van der Waals surface area contributed by atoms with Crippen LogP contribution in [0.4, 0.5) is 0 Å². The van der Waals surface area contributed by atoms with Crippen LogP contribution in [0, 0.1) is 11.3 Å². The summed E-state index contributed by atoms with van der Waals surface area (Å²) in [6.07, 6.45) is 2.33. The maximum atomic E-state index is 4.05. The fourth-order valence-corrected chi connectivity index (χ4v) is 2.00. The molecule has 0 aliphatic heterocycles. The summed E-state index contributed by atoms with van der Waals surface area (Å²) < 4.78 is 0. The third kappa shape index (κ3) is 1.26. The zero-order valence-electron chi connectivity index (χ0n) is 7.91. The van der Waals surface area contributed by atoms with Gasteiger partial charge in [-0.15, -0.1) is 0 Å². The molecule has 0 heterocycles. The lowest BCUT2D eigenvalue weighted by molar-refractivity contribution is 0.310. The molecule has 11 heavy (non-hydrogen) atoms. The molecule has 1 saturated carbocycles. The predicted molar refractivity (Wildman–Crippen MR) is 50.5 cm³/mol. The van der Waals surface area contributed by atoms with Crippen LogP contribution in [0.25, 0.3) is 0 Å². The molecule has 1 rings (SSSR count). The van der Waals surface area contributed by atoms with Gasteiger partial charge < -0.3 is 0 Å². The van der Waals surface area contributed by atoms with Crippen molar-refractivity contribution in [3.63, 3.8) is 0 Å². The van der Waals surface area contributed by atoms with Crippen LogP contribution >= 0.6 is 0 Å². The van der Waals surface area contributed by atoms with Gasteiger partial charge in [-0.2, -0.15) is 0 Å². The van der Waals surface area contributed by atoms with Crippen molar-refractivity contribution in [3.8, 4) is 0 Å².